The van der Waals surface area contributed by atoms with E-state index in [0.29, 0.717) is 30.3 Å². The highest BCUT2D eigenvalue weighted by atomic mass is 16.5. The minimum atomic E-state index is -0.323. The minimum absolute atomic E-state index is 0.0434. The second-order valence-electron chi connectivity index (χ2n) is 3.89. The van der Waals surface area contributed by atoms with Crippen LogP contribution in [0.1, 0.15) is 24.2 Å². The molecule has 20 heavy (non-hydrogen) atoms. The van der Waals surface area contributed by atoms with E-state index in [1.54, 1.807) is 18.2 Å². The summed E-state index contributed by atoms with van der Waals surface area (Å²) >= 11 is 0. The zero-order chi connectivity index (χ0) is 14.5. The molecule has 0 unspecified atom stereocenters. The van der Waals surface area contributed by atoms with Gasteiger partial charge < -0.3 is 15.2 Å². The maximum Gasteiger partial charge on any atom is 0.266 e. The van der Waals surface area contributed by atoms with Gasteiger partial charge in [0.05, 0.1) is 13.2 Å². The van der Waals surface area contributed by atoms with Crippen molar-refractivity contribution in [1.29, 1.82) is 0 Å². The third-order valence-electron chi connectivity index (χ3n) is 2.58. The van der Waals surface area contributed by atoms with Crippen molar-refractivity contribution in [3.63, 3.8) is 0 Å². The molecule has 1 aromatic heterocycles. The maximum atomic E-state index is 12.3. The summed E-state index contributed by atoms with van der Waals surface area (Å²) < 4.78 is 12.1. The van der Waals surface area contributed by atoms with Crippen LogP contribution in [-0.2, 0) is 0 Å². The van der Waals surface area contributed by atoms with E-state index in [0.717, 1.165) is 0 Å². The number of aromatic nitrogens is 3. The molecule has 0 aliphatic rings. The van der Waals surface area contributed by atoms with Gasteiger partial charge in [-0.25, -0.2) is 4.57 Å². The van der Waals surface area contributed by atoms with Gasteiger partial charge in [0.1, 0.15) is 6.33 Å². The number of ether oxygens (including phenoxy) is 2. The molecule has 0 fully saturated rings. The summed E-state index contributed by atoms with van der Waals surface area (Å²) in [5.41, 5.74) is 5.99. The number of nitrogens with zero attached hydrogens (tertiary/aromatic N) is 3. The molecule has 0 spiro atoms. The Kier molecular flexibility index (Phi) is 4.19. The van der Waals surface area contributed by atoms with Crippen LogP contribution in [0.4, 0.5) is 5.95 Å². The van der Waals surface area contributed by atoms with E-state index in [4.69, 9.17) is 15.2 Å². The van der Waals surface area contributed by atoms with E-state index in [2.05, 4.69) is 10.2 Å². The van der Waals surface area contributed by atoms with Gasteiger partial charge in [0.2, 0.25) is 5.95 Å². The van der Waals surface area contributed by atoms with E-state index < -0.39 is 0 Å². The first-order chi connectivity index (χ1) is 9.67. The highest BCUT2D eigenvalue weighted by Gasteiger charge is 2.15. The Morgan fingerprint density at radius 3 is 2.55 bits per heavy atom. The number of hydrogen-bond acceptors (Lipinski definition) is 6. The van der Waals surface area contributed by atoms with E-state index in [1.807, 2.05) is 13.8 Å². The summed E-state index contributed by atoms with van der Waals surface area (Å²) in [6, 6.07) is 4.97. The highest BCUT2D eigenvalue weighted by molar-refractivity contribution is 5.97. The Balaban J connectivity index is 2.35. The van der Waals surface area contributed by atoms with Crippen LogP contribution in [0.5, 0.6) is 11.5 Å². The fourth-order valence-corrected chi connectivity index (χ4v) is 1.72. The summed E-state index contributed by atoms with van der Waals surface area (Å²) in [6.45, 7) is 4.74. The summed E-state index contributed by atoms with van der Waals surface area (Å²) in [5.74, 6) is 0.841. The largest absolute Gasteiger partial charge is 0.490 e. The Hall–Kier alpha value is -2.57. The highest BCUT2D eigenvalue weighted by Crippen LogP contribution is 2.29. The predicted octanol–water partition coefficient (Wildman–Crippen LogP) is 1.35. The fraction of sp³-hybridized carbons (Fsp3) is 0.308. The van der Waals surface area contributed by atoms with Gasteiger partial charge in [-0.15, -0.1) is 10.2 Å². The van der Waals surface area contributed by atoms with Crippen molar-refractivity contribution in [3.05, 3.63) is 30.1 Å². The molecule has 0 aliphatic heterocycles. The number of anilines is 1. The van der Waals surface area contributed by atoms with Crippen molar-refractivity contribution in [2.45, 2.75) is 13.8 Å². The Morgan fingerprint density at radius 2 is 1.95 bits per heavy atom. The first kappa shape index (κ1) is 13.9. The van der Waals surface area contributed by atoms with Gasteiger partial charge >= 0.3 is 0 Å². The molecule has 0 aliphatic carbocycles. The molecule has 0 atom stereocenters. The molecule has 0 radical (unpaired) electrons. The number of rotatable bonds is 5. The normalized spacial score (nSPS) is 10.3. The number of carbonyl (C=O) groups excluding carboxylic acids is 1. The molecule has 1 heterocycles. The zero-order valence-electron chi connectivity index (χ0n) is 11.4. The average molecular weight is 276 g/mol. The molecule has 7 heteroatoms. The maximum absolute atomic E-state index is 12.3. The summed E-state index contributed by atoms with van der Waals surface area (Å²) in [5, 5.41) is 7.17. The lowest BCUT2D eigenvalue weighted by atomic mass is 10.2. The van der Waals surface area contributed by atoms with Crippen molar-refractivity contribution in [2.75, 3.05) is 18.9 Å². The molecular weight excluding hydrogens is 260 g/mol. The third kappa shape index (κ3) is 2.71. The number of benzene rings is 1. The molecule has 0 saturated heterocycles. The summed E-state index contributed by atoms with van der Waals surface area (Å²) in [6.07, 6.45) is 1.27. The monoisotopic (exact) mass is 276 g/mol. The SMILES string of the molecule is CCOc1ccc(C(=O)n2cnnc2N)cc1OCC. The quantitative estimate of drug-likeness (QED) is 0.886. The third-order valence-corrected chi connectivity index (χ3v) is 2.58. The molecule has 2 aromatic rings. The molecule has 0 saturated carbocycles. The van der Waals surface area contributed by atoms with Gasteiger partial charge in [0, 0.05) is 5.56 Å². The van der Waals surface area contributed by atoms with Crippen LogP contribution < -0.4 is 15.2 Å². The smallest absolute Gasteiger partial charge is 0.266 e. The van der Waals surface area contributed by atoms with E-state index >= 15 is 0 Å². The summed E-state index contributed by atoms with van der Waals surface area (Å²) in [7, 11) is 0. The molecule has 106 valence electrons. The van der Waals surface area contributed by atoms with Gasteiger partial charge in [-0.3, -0.25) is 4.79 Å². The first-order valence-corrected chi connectivity index (χ1v) is 6.27. The second-order valence-corrected chi connectivity index (χ2v) is 3.89. The van der Waals surface area contributed by atoms with Crippen molar-refractivity contribution in [2.24, 2.45) is 0 Å². The van der Waals surface area contributed by atoms with Crippen LogP contribution in [0.2, 0.25) is 0 Å². The summed E-state index contributed by atoms with van der Waals surface area (Å²) in [4.78, 5) is 12.3. The van der Waals surface area contributed by atoms with Gasteiger partial charge in [0.15, 0.2) is 11.5 Å². The predicted molar refractivity (Wildman–Crippen MR) is 72.9 cm³/mol. The molecular formula is C13H16N4O3. The number of nitrogen functional groups attached to an aromatic ring is 1. The first-order valence-electron chi connectivity index (χ1n) is 6.27. The lowest BCUT2D eigenvalue weighted by Crippen LogP contribution is -2.14. The van der Waals surface area contributed by atoms with Crippen LogP contribution in [0.15, 0.2) is 24.5 Å². The van der Waals surface area contributed by atoms with Crippen molar-refractivity contribution >= 4 is 11.9 Å². The molecule has 0 bridgehead atoms. The lowest BCUT2D eigenvalue weighted by Gasteiger charge is -2.12. The number of carbonyl (C=O) groups is 1. The lowest BCUT2D eigenvalue weighted by molar-refractivity contribution is 0.0961. The van der Waals surface area contributed by atoms with Gasteiger partial charge in [-0.2, -0.15) is 0 Å². The second kappa shape index (κ2) is 6.05. The molecule has 1 aromatic carbocycles. The molecule has 2 N–H and O–H groups in total. The number of nitrogens with two attached hydrogens (primary N) is 1. The van der Waals surface area contributed by atoms with Crippen LogP contribution in [0.3, 0.4) is 0 Å². The van der Waals surface area contributed by atoms with Crippen molar-refractivity contribution in [1.82, 2.24) is 14.8 Å². The van der Waals surface area contributed by atoms with Crippen LogP contribution in [0.25, 0.3) is 0 Å². The van der Waals surface area contributed by atoms with Gasteiger partial charge in [0.25, 0.3) is 5.91 Å². The zero-order valence-corrected chi connectivity index (χ0v) is 11.4. The Morgan fingerprint density at radius 1 is 1.25 bits per heavy atom. The Labute approximate surface area is 116 Å². The average Bonchev–Trinajstić information content (AvgIpc) is 2.86. The van der Waals surface area contributed by atoms with Crippen molar-refractivity contribution < 1.29 is 14.3 Å². The van der Waals surface area contributed by atoms with Gasteiger partial charge in [-0.1, -0.05) is 0 Å². The molecule has 2 rings (SSSR count). The van der Waals surface area contributed by atoms with Gasteiger partial charge in [-0.05, 0) is 32.0 Å². The topological polar surface area (TPSA) is 92.3 Å². The standard InChI is InChI=1S/C13H16N4O3/c1-3-19-10-6-5-9(7-11(10)20-4-2)12(18)17-8-15-16-13(17)14/h5-8H,3-4H2,1-2H3,(H2,14,16). The van der Waals surface area contributed by atoms with E-state index in [9.17, 15) is 4.79 Å². The molecule has 7 nitrogen and oxygen atoms in total. The van der Waals surface area contributed by atoms with E-state index in [-0.39, 0.29) is 11.9 Å². The van der Waals surface area contributed by atoms with Crippen molar-refractivity contribution in [3.8, 4) is 11.5 Å². The fourth-order valence-electron chi connectivity index (χ4n) is 1.72. The van der Waals surface area contributed by atoms with E-state index in [1.165, 1.54) is 10.9 Å². The van der Waals surface area contributed by atoms with Crippen LogP contribution in [-0.4, -0.2) is 33.9 Å². The minimum Gasteiger partial charge on any atom is -0.490 e. The Bertz CT molecular complexity index is 609. The molecule has 0 amide bonds. The number of hydrogen-bond donors (Lipinski definition) is 1. The van der Waals surface area contributed by atoms with Crippen LogP contribution >= 0.6 is 0 Å². The van der Waals surface area contributed by atoms with Crippen LogP contribution in [0, 0.1) is 0 Å².